The van der Waals surface area contributed by atoms with Crippen molar-refractivity contribution in [3.8, 4) is 11.9 Å². The van der Waals surface area contributed by atoms with E-state index in [9.17, 15) is 9.59 Å². The fourth-order valence-electron chi connectivity index (χ4n) is 17.7. The predicted octanol–water partition coefficient (Wildman–Crippen LogP) is 14.4. The molecule has 0 aliphatic carbocycles. The van der Waals surface area contributed by atoms with Crippen molar-refractivity contribution >= 4 is 245 Å². The molecule has 21 heterocycles. The number of nitrogens with one attached hydrogen (secondary N) is 9. The zero-order chi connectivity index (χ0) is 88.3. The average molecular weight is 1750 g/mol. The van der Waals surface area contributed by atoms with E-state index in [0.717, 1.165) is 145 Å². The van der Waals surface area contributed by atoms with E-state index >= 15 is 0 Å². The third kappa shape index (κ3) is 11.6. The molecule has 634 valence electrons. The molecule has 41 heteroatoms. The number of aromatic nitrogens is 38. The summed E-state index contributed by atoms with van der Waals surface area (Å²) in [5, 5.41) is 0. The van der Waals surface area contributed by atoms with Crippen LogP contribution in [0.2, 0.25) is 0 Å². The molecule has 1 amide bonds. The molecule has 0 spiro atoms. The molecule has 0 bridgehead atoms. The normalized spacial score (nSPS) is 12.3. The van der Waals surface area contributed by atoms with Crippen LogP contribution in [0.5, 0.6) is 0 Å². The number of carbonyl (C=O) groups excluding carboxylic acids is 1. The van der Waals surface area contributed by atoms with Gasteiger partial charge in [-0.3, -0.25) is 34.7 Å². The third-order valence-electron chi connectivity index (χ3n) is 23.5. The first-order chi connectivity index (χ1) is 66.3. The van der Waals surface area contributed by atoms with E-state index in [1.54, 1.807) is 72.0 Å². The predicted molar refractivity (Wildman–Crippen MR) is 503 cm³/mol. The summed E-state index contributed by atoms with van der Waals surface area (Å²) in [6.07, 6.45) is 19.7. The fourth-order valence-corrected chi connectivity index (χ4v) is 17.7. The Morgan fingerprint density at radius 2 is 0.672 bits per heavy atom. The molecule has 20 aromatic heterocycles. The fraction of sp³-hybridized carbons (Fsp3) is 0.0108. The van der Waals surface area contributed by atoms with Gasteiger partial charge in [-0.15, -0.1) is 0 Å². The Hall–Kier alpha value is -20.2. The maximum absolute atomic E-state index is 12.8. The second-order valence-corrected chi connectivity index (χ2v) is 31.1. The highest BCUT2D eigenvalue weighted by atomic mass is 16.2. The minimum atomic E-state index is -0.242. The summed E-state index contributed by atoms with van der Waals surface area (Å²) in [5.41, 5.74) is 31.0. The Kier molecular flexibility index (Phi) is 16.2. The summed E-state index contributed by atoms with van der Waals surface area (Å²) in [7, 11) is 0. The number of hydrogen-bond acceptors (Lipinski definition) is 26. The molecular weight excluding hydrogens is 1700 g/mol. The highest BCUT2D eigenvalue weighted by molar-refractivity contribution is 6.22. The molecule has 11 aromatic carbocycles. The summed E-state index contributed by atoms with van der Waals surface area (Å²) in [6, 6.07) is 63.3. The molecule has 1 aliphatic rings. The summed E-state index contributed by atoms with van der Waals surface area (Å²) in [6.45, 7) is 0. The first-order valence-electron chi connectivity index (χ1n) is 41.9. The number of fused-ring (bicyclic) bond motifs is 38. The van der Waals surface area contributed by atoms with Crippen LogP contribution in [0.3, 0.4) is 0 Å². The lowest BCUT2D eigenvalue weighted by Crippen LogP contribution is -2.21. The van der Waals surface area contributed by atoms with Crippen molar-refractivity contribution in [2.45, 2.75) is 6.42 Å². The number of carbonyl (C=O) groups is 1. The molecule has 1 aliphatic heterocycles. The quantitative estimate of drug-likeness (QED) is 0.0742. The number of nitrogens with zero attached hydrogens (tertiary/aromatic N) is 30. The zero-order valence-corrected chi connectivity index (χ0v) is 68.8. The molecule has 0 saturated heterocycles. The van der Waals surface area contributed by atoms with E-state index in [-0.39, 0.29) is 11.6 Å². The van der Waals surface area contributed by atoms with Crippen LogP contribution in [0.4, 0.5) is 11.6 Å². The van der Waals surface area contributed by atoms with E-state index in [2.05, 4.69) is 171 Å². The first-order valence-corrected chi connectivity index (χ1v) is 41.9. The highest BCUT2D eigenvalue weighted by Gasteiger charge is 2.31. The zero-order valence-electron chi connectivity index (χ0n) is 68.8. The number of rotatable bonds is 3. The lowest BCUT2D eigenvalue weighted by molar-refractivity contribution is -0.116. The molecule has 0 unspecified atom stereocenters. The second-order valence-electron chi connectivity index (χ2n) is 31.1. The van der Waals surface area contributed by atoms with Crippen molar-refractivity contribution in [3.05, 3.63) is 285 Å². The van der Waals surface area contributed by atoms with Gasteiger partial charge in [0.15, 0.2) is 33.9 Å². The number of anilines is 2. The molecule has 9 N–H and O–H groups in total. The third-order valence-corrected chi connectivity index (χ3v) is 23.5. The van der Waals surface area contributed by atoms with Crippen LogP contribution in [-0.4, -0.2) is 193 Å². The molecular formula is C93H55N39O2. The van der Waals surface area contributed by atoms with Gasteiger partial charge in [-0.2, -0.15) is 0 Å². The van der Waals surface area contributed by atoms with Gasteiger partial charge in [0.2, 0.25) is 41.1 Å². The number of imidazole rings is 13. The lowest BCUT2D eigenvalue weighted by atomic mass is 10.2. The molecule has 134 heavy (non-hydrogen) atoms. The summed E-state index contributed by atoms with van der Waals surface area (Å²) in [4.78, 5) is 162. The Morgan fingerprint density at radius 1 is 0.269 bits per heavy atom. The van der Waals surface area contributed by atoms with Gasteiger partial charge in [0.1, 0.15) is 84.4 Å². The van der Waals surface area contributed by atoms with Crippen LogP contribution in [0.25, 0.3) is 240 Å². The van der Waals surface area contributed by atoms with Crippen LogP contribution in [0.15, 0.2) is 274 Å². The first kappa shape index (κ1) is 74.1. The van der Waals surface area contributed by atoms with E-state index in [1.807, 2.05) is 180 Å². The molecule has 41 nitrogen and oxygen atoms in total. The van der Waals surface area contributed by atoms with Gasteiger partial charge >= 0.3 is 5.69 Å². The van der Waals surface area contributed by atoms with Crippen LogP contribution >= 0.6 is 0 Å². The second kappa shape index (κ2) is 29.2. The molecule has 32 rings (SSSR count). The van der Waals surface area contributed by atoms with Gasteiger partial charge in [-0.25, -0.2) is 122 Å². The molecule has 0 radical (unpaired) electrons. The minimum Gasteiger partial charge on any atom is -0.343 e. The summed E-state index contributed by atoms with van der Waals surface area (Å²) in [5.74, 6) is 4.22. The van der Waals surface area contributed by atoms with Crippen molar-refractivity contribution in [2.75, 3.05) is 4.90 Å². The Balaban J connectivity index is 0.0000000830. The Bertz CT molecular complexity index is 9260. The van der Waals surface area contributed by atoms with Gasteiger partial charge in [0, 0.05) is 37.2 Å². The van der Waals surface area contributed by atoms with E-state index in [0.29, 0.717) is 119 Å². The maximum atomic E-state index is 12.8. The number of H-pyrrole nitrogens is 9. The van der Waals surface area contributed by atoms with E-state index in [1.165, 1.54) is 12.7 Å². The number of para-hydroxylation sites is 15. The maximum Gasteiger partial charge on any atom is 0.333 e. The van der Waals surface area contributed by atoms with Gasteiger partial charge in [0.05, 0.1) is 142 Å². The summed E-state index contributed by atoms with van der Waals surface area (Å²) < 4.78 is 9.84. The highest BCUT2D eigenvalue weighted by Crippen LogP contribution is 2.38. The number of benzene rings is 11. The van der Waals surface area contributed by atoms with Crippen molar-refractivity contribution in [1.29, 1.82) is 0 Å². The van der Waals surface area contributed by atoms with Crippen molar-refractivity contribution < 1.29 is 4.79 Å². The van der Waals surface area contributed by atoms with Crippen LogP contribution in [-0.2, 0) is 11.2 Å². The minimum absolute atomic E-state index is 0.0558. The SMILES string of the molecule is O=C1Cc2ccccc2N1c1nc2ccccc2[nH]1.O=c1[nH]c2ccccc2n1-c1nc2ccccc2n1-c1nc2ccccc2[nH]1.c1ccc2c(c1)nc1n2c2nc3ccccc3n2c2nc3ccccc3n12.c1cnc2c(n1)c1nccnc1c1nccnc21.c1nc2c3nc[nH]c3c3[nH]cnc3c2[nH]1.c1nc2nc3c4nc5ncnc5nc4c4[nH]c5[nH]cnc5[nH]c4c3nc2n1. The molecule has 31 aromatic rings. The van der Waals surface area contributed by atoms with E-state index < -0.39 is 0 Å². The van der Waals surface area contributed by atoms with Crippen molar-refractivity contribution in [3.63, 3.8) is 0 Å². The van der Waals surface area contributed by atoms with Gasteiger partial charge < -0.3 is 44.9 Å². The Labute approximate surface area is 741 Å². The largest absolute Gasteiger partial charge is 0.343 e. The van der Waals surface area contributed by atoms with Crippen LogP contribution in [0, 0.1) is 0 Å². The van der Waals surface area contributed by atoms with Gasteiger partial charge in [-0.1, -0.05) is 103 Å². The van der Waals surface area contributed by atoms with E-state index in [4.69, 9.17) is 24.9 Å². The number of amides is 1. The number of hydrogen-bond donors (Lipinski definition) is 9. The monoisotopic (exact) mass is 1750 g/mol. The topological polar surface area (TPSA) is 512 Å². The smallest absolute Gasteiger partial charge is 0.333 e. The molecule has 0 atom stereocenters. The summed E-state index contributed by atoms with van der Waals surface area (Å²) >= 11 is 0. The van der Waals surface area contributed by atoms with Crippen molar-refractivity contribution in [2.24, 2.45) is 0 Å². The lowest BCUT2D eigenvalue weighted by Gasteiger charge is -2.13. The van der Waals surface area contributed by atoms with Crippen molar-refractivity contribution in [1.82, 2.24) is 187 Å². The molecule has 0 saturated carbocycles. The average Bonchev–Trinajstić information content (AvgIpc) is 1.58. The molecule has 0 fully saturated rings. The number of aromatic amines is 9. The van der Waals surface area contributed by atoms with Crippen LogP contribution < -0.4 is 10.6 Å². The van der Waals surface area contributed by atoms with Gasteiger partial charge in [-0.05, 0) is 96.6 Å². The van der Waals surface area contributed by atoms with Gasteiger partial charge in [0.25, 0.3) is 0 Å². The van der Waals surface area contributed by atoms with Crippen LogP contribution in [0.1, 0.15) is 5.56 Å². The standard InChI is InChI=1S/C21H14N6O.C21H12N6.C15H6N12.C15H11N3O.C12H6N6.C9H6N6/c28-21-25-16-10-4-6-12-18(16)27(21)20-24-15-9-3-5-11-17(15)26(20)19-22-13-7-1-2-8-14(13)23-19;1-4-10-16-13(7-1)22-19-25(16)20-23-15-9-3-6-12-18(15)27(20)21-24-14-8-2-5-11-17(14)26(19)21;1-16-10-11(17-1)23-5-4(22-10)6-8(26-14-12(24-6)18-2-20-14)9-7(5)25-13-15(27-9)21-3-19-13;19-14-9-10-5-1-4-8-13(10)18(14)15-16-11-6-2-3-7-12(11)17-15;1-2-14-8-7(13-1)9-11(17-4-3-15-9)12-10(8)16-5-6-18-12;1-10-4-5(11-1)7-9(15-3-13-7)8-6(4)12-2-14-8/h1-12H,(H,22,23)(H,25,28);1-12H;1-3,22-23H,(H,16,17);1-8H,9H2,(H,16,17);1-6H;1-3H,(H,10,11)(H,12,14)(H,13,15). The Morgan fingerprint density at radius 3 is 1.20 bits per heavy atom.